The predicted octanol–water partition coefficient (Wildman–Crippen LogP) is 2.97. The second kappa shape index (κ2) is 8.87. The van der Waals surface area contributed by atoms with Gasteiger partial charge in [-0.05, 0) is 30.3 Å². The molecule has 0 atom stereocenters. The van der Waals surface area contributed by atoms with Gasteiger partial charge in [-0.1, -0.05) is 12.1 Å². The van der Waals surface area contributed by atoms with Crippen molar-refractivity contribution in [2.75, 3.05) is 43.6 Å². The van der Waals surface area contributed by atoms with Crippen LogP contribution in [0.1, 0.15) is 10.4 Å². The van der Waals surface area contributed by atoms with Crippen LogP contribution in [0, 0.1) is 0 Å². The van der Waals surface area contributed by atoms with Gasteiger partial charge in [0.05, 0.1) is 30.6 Å². The van der Waals surface area contributed by atoms with E-state index in [4.69, 9.17) is 14.7 Å². The molecule has 0 spiro atoms. The van der Waals surface area contributed by atoms with Crippen LogP contribution < -0.4 is 15.5 Å². The number of nitrogens with one attached hydrogen (secondary N) is 2. The van der Waals surface area contributed by atoms with Crippen molar-refractivity contribution in [2.24, 2.45) is 7.05 Å². The Hall–Kier alpha value is -3.98. The second-order valence-corrected chi connectivity index (χ2v) is 7.86. The summed E-state index contributed by atoms with van der Waals surface area (Å²) in [6.07, 6.45) is 1.85. The molecule has 1 aliphatic rings. The summed E-state index contributed by atoms with van der Waals surface area (Å²) >= 11 is 0. The smallest absolute Gasteiger partial charge is 0.251 e. The summed E-state index contributed by atoms with van der Waals surface area (Å²) in [6.45, 7) is 2.78. The molecule has 1 saturated heterocycles. The Morgan fingerprint density at radius 2 is 1.82 bits per heavy atom. The maximum absolute atomic E-state index is 11.8. The van der Waals surface area contributed by atoms with Crippen molar-refractivity contribution in [1.29, 1.82) is 0 Å². The van der Waals surface area contributed by atoms with Gasteiger partial charge in [0.1, 0.15) is 5.82 Å². The van der Waals surface area contributed by atoms with E-state index < -0.39 is 0 Å². The Labute approximate surface area is 191 Å². The van der Waals surface area contributed by atoms with E-state index in [1.807, 2.05) is 36.1 Å². The number of aryl methyl sites for hydroxylation is 1. The molecule has 9 nitrogen and oxygen atoms in total. The number of fused-ring (bicyclic) bond motifs is 1. The zero-order chi connectivity index (χ0) is 22.8. The maximum Gasteiger partial charge on any atom is 0.251 e. The molecular weight excluding hydrogens is 418 g/mol. The standard InChI is InChI=1S/C24H25N7O2/c1-25-23(32)16-5-7-19(8-6-16)27-22-14-20(28-24(29-22)31-9-11-33-12-10-31)17-3-4-18-15-26-30(2)21(18)13-17/h3-8,13-15H,9-12H2,1-2H3,(H,25,32)(H,27,28,29). The molecule has 0 bridgehead atoms. The molecule has 2 aromatic heterocycles. The lowest BCUT2D eigenvalue weighted by Crippen LogP contribution is -2.37. The topological polar surface area (TPSA) is 97.2 Å². The number of ether oxygens (including phenoxy) is 1. The average Bonchev–Trinajstić information content (AvgIpc) is 3.24. The van der Waals surface area contributed by atoms with Gasteiger partial charge < -0.3 is 20.3 Å². The lowest BCUT2D eigenvalue weighted by molar-refractivity contribution is 0.0963. The summed E-state index contributed by atoms with van der Waals surface area (Å²) in [5.74, 6) is 1.22. The molecule has 0 saturated carbocycles. The highest BCUT2D eigenvalue weighted by Crippen LogP contribution is 2.28. The SMILES string of the molecule is CNC(=O)c1ccc(Nc2cc(-c3ccc4cnn(C)c4c3)nc(N3CCOCC3)n2)cc1. The van der Waals surface area contributed by atoms with E-state index in [1.54, 1.807) is 19.2 Å². The lowest BCUT2D eigenvalue weighted by atomic mass is 10.1. The minimum absolute atomic E-state index is 0.119. The third kappa shape index (κ3) is 4.35. The van der Waals surface area contributed by atoms with E-state index in [1.165, 1.54) is 0 Å². The van der Waals surface area contributed by atoms with Crippen LogP contribution in [0.25, 0.3) is 22.2 Å². The number of carbonyl (C=O) groups is 1. The minimum atomic E-state index is -0.119. The van der Waals surface area contributed by atoms with Crippen LogP contribution in [0.2, 0.25) is 0 Å². The molecule has 1 amide bonds. The fourth-order valence-corrected chi connectivity index (χ4v) is 3.85. The highest BCUT2D eigenvalue weighted by molar-refractivity contribution is 5.94. The Bertz CT molecular complexity index is 1290. The highest BCUT2D eigenvalue weighted by Gasteiger charge is 2.17. The van der Waals surface area contributed by atoms with Gasteiger partial charge in [-0.15, -0.1) is 0 Å². The Kier molecular flexibility index (Phi) is 5.62. The number of anilines is 3. The van der Waals surface area contributed by atoms with Gasteiger partial charge in [0.25, 0.3) is 5.91 Å². The third-order valence-corrected chi connectivity index (χ3v) is 5.70. The molecule has 0 unspecified atom stereocenters. The van der Waals surface area contributed by atoms with Crippen molar-refractivity contribution in [2.45, 2.75) is 0 Å². The number of rotatable bonds is 5. The molecule has 0 radical (unpaired) electrons. The Balaban J connectivity index is 1.52. The molecule has 5 rings (SSSR count). The van der Waals surface area contributed by atoms with Crippen LogP contribution in [0.3, 0.4) is 0 Å². The summed E-state index contributed by atoms with van der Waals surface area (Å²) < 4.78 is 7.36. The molecule has 9 heteroatoms. The van der Waals surface area contributed by atoms with E-state index in [0.717, 1.165) is 40.9 Å². The molecule has 4 aromatic rings. The molecule has 168 valence electrons. The third-order valence-electron chi connectivity index (χ3n) is 5.70. The fraction of sp³-hybridized carbons (Fsp3) is 0.250. The number of hydrogen-bond donors (Lipinski definition) is 2. The zero-order valence-electron chi connectivity index (χ0n) is 18.6. The molecule has 0 aliphatic carbocycles. The van der Waals surface area contributed by atoms with Crippen LogP contribution in [-0.4, -0.2) is 59.0 Å². The largest absolute Gasteiger partial charge is 0.378 e. The van der Waals surface area contributed by atoms with Gasteiger partial charge in [0, 0.05) is 55.5 Å². The monoisotopic (exact) mass is 443 g/mol. The van der Waals surface area contributed by atoms with Gasteiger partial charge in [-0.25, -0.2) is 4.98 Å². The number of aromatic nitrogens is 4. The van der Waals surface area contributed by atoms with Crippen molar-refractivity contribution in [3.63, 3.8) is 0 Å². The van der Waals surface area contributed by atoms with Crippen LogP contribution in [0.5, 0.6) is 0 Å². The molecule has 2 aromatic carbocycles. The highest BCUT2D eigenvalue weighted by atomic mass is 16.5. The fourth-order valence-electron chi connectivity index (χ4n) is 3.85. The molecule has 1 fully saturated rings. The van der Waals surface area contributed by atoms with E-state index in [2.05, 4.69) is 38.8 Å². The van der Waals surface area contributed by atoms with Crippen LogP contribution in [0.4, 0.5) is 17.5 Å². The first-order chi connectivity index (χ1) is 16.1. The molecule has 1 aliphatic heterocycles. The first kappa shape index (κ1) is 20.9. The number of carbonyl (C=O) groups excluding carboxylic acids is 1. The van der Waals surface area contributed by atoms with Crippen molar-refractivity contribution in [1.82, 2.24) is 25.1 Å². The number of benzene rings is 2. The quantitative estimate of drug-likeness (QED) is 0.489. The number of morpholine rings is 1. The van der Waals surface area contributed by atoms with Crippen LogP contribution in [-0.2, 0) is 11.8 Å². The first-order valence-electron chi connectivity index (χ1n) is 10.8. The number of hydrogen-bond acceptors (Lipinski definition) is 7. The van der Waals surface area contributed by atoms with Gasteiger partial charge in [-0.3, -0.25) is 9.48 Å². The minimum Gasteiger partial charge on any atom is -0.378 e. The normalized spacial score (nSPS) is 13.8. The van der Waals surface area contributed by atoms with Gasteiger partial charge in [0.15, 0.2) is 0 Å². The lowest BCUT2D eigenvalue weighted by Gasteiger charge is -2.27. The predicted molar refractivity (Wildman–Crippen MR) is 128 cm³/mol. The van der Waals surface area contributed by atoms with E-state index in [0.29, 0.717) is 30.5 Å². The first-order valence-corrected chi connectivity index (χ1v) is 10.8. The molecule has 2 N–H and O–H groups in total. The van der Waals surface area contributed by atoms with Gasteiger partial charge in [0.2, 0.25) is 5.95 Å². The maximum atomic E-state index is 11.8. The molecule has 33 heavy (non-hydrogen) atoms. The molecule has 3 heterocycles. The molecular formula is C24H25N7O2. The second-order valence-electron chi connectivity index (χ2n) is 7.86. The van der Waals surface area contributed by atoms with E-state index in [9.17, 15) is 4.79 Å². The van der Waals surface area contributed by atoms with Crippen molar-refractivity contribution < 1.29 is 9.53 Å². The van der Waals surface area contributed by atoms with Crippen LogP contribution in [0.15, 0.2) is 54.7 Å². The average molecular weight is 444 g/mol. The van der Waals surface area contributed by atoms with Crippen molar-refractivity contribution in [3.05, 3.63) is 60.3 Å². The summed E-state index contributed by atoms with van der Waals surface area (Å²) in [5, 5.41) is 11.4. The Morgan fingerprint density at radius 1 is 1.03 bits per heavy atom. The van der Waals surface area contributed by atoms with Crippen LogP contribution >= 0.6 is 0 Å². The van der Waals surface area contributed by atoms with Gasteiger partial charge >= 0.3 is 0 Å². The summed E-state index contributed by atoms with van der Waals surface area (Å²) in [4.78, 5) is 23.6. The Morgan fingerprint density at radius 3 is 2.58 bits per heavy atom. The summed E-state index contributed by atoms with van der Waals surface area (Å²) in [7, 11) is 3.55. The van der Waals surface area contributed by atoms with Crippen molar-refractivity contribution >= 4 is 34.3 Å². The summed E-state index contributed by atoms with van der Waals surface area (Å²) in [5.41, 5.74) is 4.28. The van der Waals surface area contributed by atoms with Gasteiger partial charge in [-0.2, -0.15) is 10.1 Å². The van der Waals surface area contributed by atoms with Crippen molar-refractivity contribution in [3.8, 4) is 11.3 Å². The van der Waals surface area contributed by atoms with E-state index in [-0.39, 0.29) is 5.91 Å². The summed E-state index contributed by atoms with van der Waals surface area (Å²) in [6, 6.07) is 15.4. The van der Waals surface area contributed by atoms with E-state index >= 15 is 0 Å². The number of nitrogens with zero attached hydrogens (tertiary/aromatic N) is 5. The number of amides is 1. The zero-order valence-corrected chi connectivity index (χ0v) is 18.6.